The molecule has 1 saturated heterocycles. The average Bonchev–Trinajstić information content (AvgIpc) is 3.30. The highest BCUT2D eigenvalue weighted by Crippen LogP contribution is 2.38. The maximum Gasteiger partial charge on any atom is 0.254 e. The zero-order chi connectivity index (χ0) is 19.3. The molecule has 2 aromatic heterocycles. The Morgan fingerprint density at radius 2 is 2.00 bits per heavy atom. The lowest BCUT2D eigenvalue weighted by Crippen LogP contribution is -2.44. The van der Waals surface area contributed by atoms with E-state index in [1.165, 1.54) is 0 Å². The summed E-state index contributed by atoms with van der Waals surface area (Å²) in [5, 5.41) is 8.96. The fourth-order valence-electron chi connectivity index (χ4n) is 4.08. The summed E-state index contributed by atoms with van der Waals surface area (Å²) in [6.45, 7) is 6.12. The second-order valence-electron chi connectivity index (χ2n) is 7.19. The molecule has 2 aliphatic heterocycles. The number of amides is 1. The van der Waals surface area contributed by atoms with Gasteiger partial charge in [-0.2, -0.15) is 10.1 Å². The standard InChI is InChI=1S/C20H22N6O2/c1-12-17(19(27)25-7-9-28-10-8-25)18(26-20(22-12)23-13(2)24-26)15-11-21-16-6-4-3-5-14(15)16/h3-6,11,18,21H,7-10H2,1-2H3,(H,22,23,24)/t18-/m1/s1. The zero-order valence-electron chi connectivity index (χ0n) is 15.9. The normalized spacial score (nSPS) is 19.6. The Balaban J connectivity index is 1.68. The number of aromatic nitrogens is 4. The SMILES string of the molecule is CC1=C(C(=O)N2CCOCC2)[C@@H](c2c[nH]c3ccccc23)n2nc(C)nc2N1. The van der Waals surface area contributed by atoms with Gasteiger partial charge in [-0.05, 0) is 19.9 Å². The molecule has 8 heteroatoms. The molecular formula is C20H22N6O2. The van der Waals surface area contributed by atoms with Gasteiger partial charge in [0, 0.05) is 41.4 Å². The largest absolute Gasteiger partial charge is 0.378 e. The monoisotopic (exact) mass is 378 g/mol. The van der Waals surface area contributed by atoms with E-state index in [4.69, 9.17) is 4.74 Å². The van der Waals surface area contributed by atoms with Crippen LogP contribution in [0, 0.1) is 6.92 Å². The van der Waals surface area contributed by atoms with Gasteiger partial charge in [-0.15, -0.1) is 0 Å². The molecule has 0 aliphatic carbocycles. The predicted molar refractivity (Wildman–Crippen MR) is 105 cm³/mol. The highest BCUT2D eigenvalue weighted by molar-refractivity contribution is 5.98. The Hall–Kier alpha value is -3.13. The molecule has 0 unspecified atom stereocenters. The number of fused-ring (bicyclic) bond motifs is 2. The summed E-state index contributed by atoms with van der Waals surface area (Å²) in [6, 6.07) is 7.77. The lowest BCUT2D eigenvalue weighted by molar-refractivity contribution is -0.131. The Morgan fingerprint density at radius 1 is 1.21 bits per heavy atom. The molecule has 144 valence electrons. The Labute approximate surface area is 162 Å². The van der Waals surface area contributed by atoms with Gasteiger partial charge in [0.25, 0.3) is 5.91 Å². The van der Waals surface area contributed by atoms with Crippen molar-refractivity contribution in [3.05, 3.63) is 53.1 Å². The predicted octanol–water partition coefficient (Wildman–Crippen LogP) is 2.22. The van der Waals surface area contributed by atoms with Crippen LogP contribution in [0.4, 0.5) is 5.95 Å². The van der Waals surface area contributed by atoms with Crippen LogP contribution >= 0.6 is 0 Å². The van der Waals surface area contributed by atoms with Gasteiger partial charge in [0.1, 0.15) is 11.9 Å². The molecule has 0 bridgehead atoms. The van der Waals surface area contributed by atoms with Gasteiger partial charge in [-0.1, -0.05) is 18.2 Å². The average molecular weight is 378 g/mol. The minimum atomic E-state index is -0.344. The molecule has 5 rings (SSSR count). The Morgan fingerprint density at radius 3 is 2.82 bits per heavy atom. The number of rotatable bonds is 2. The van der Waals surface area contributed by atoms with Gasteiger partial charge in [0.2, 0.25) is 5.95 Å². The van der Waals surface area contributed by atoms with E-state index >= 15 is 0 Å². The van der Waals surface area contributed by atoms with E-state index in [9.17, 15) is 4.79 Å². The molecule has 28 heavy (non-hydrogen) atoms. The number of morpholine rings is 1. The lowest BCUT2D eigenvalue weighted by atomic mass is 9.94. The molecule has 1 atom stereocenters. The third-order valence-corrected chi connectivity index (χ3v) is 5.40. The number of aromatic amines is 1. The first-order valence-electron chi connectivity index (χ1n) is 9.47. The minimum absolute atomic E-state index is 0.0161. The van der Waals surface area contributed by atoms with E-state index in [1.54, 1.807) is 0 Å². The first kappa shape index (κ1) is 17.0. The van der Waals surface area contributed by atoms with Crippen molar-refractivity contribution in [1.82, 2.24) is 24.6 Å². The lowest BCUT2D eigenvalue weighted by Gasteiger charge is -2.33. The van der Waals surface area contributed by atoms with Gasteiger partial charge in [0.15, 0.2) is 0 Å². The maximum absolute atomic E-state index is 13.5. The van der Waals surface area contributed by atoms with Crippen LogP contribution in [0.3, 0.4) is 0 Å². The summed E-state index contributed by atoms with van der Waals surface area (Å²) in [7, 11) is 0. The van der Waals surface area contributed by atoms with Crippen LogP contribution in [-0.4, -0.2) is 56.9 Å². The zero-order valence-corrected chi connectivity index (χ0v) is 15.9. The molecule has 2 N–H and O–H groups in total. The summed E-state index contributed by atoms with van der Waals surface area (Å²) >= 11 is 0. The summed E-state index contributed by atoms with van der Waals surface area (Å²) in [5.74, 6) is 1.34. The number of carbonyl (C=O) groups is 1. The molecule has 0 saturated carbocycles. The second kappa shape index (κ2) is 6.49. The summed E-state index contributed by atoms with van der Waals surface area (Å²) in [6.07, 6.45) is 1.97. The van der Waals surface area contributed by atoms with Crippen molar-refractivity contribution in [2.24, 2.45) is 0 Å². The maximum atomic E-state index is 13.5. The molecule has 0 spiro atoms. The summed E-state index contributed by atoms with van der Waals surface area (Å²) in [4.78, 5) is 23.2. The number of nitrogens with one attached hydrogen (secondary N) is 2. The number of H-pyrrole nitrogens is 1. The first-order chi connectivity index (χ1) is 13.6. The fraction of sp³-hybridized carbons (Fsp3) is 0.350. The number of anilines is 1. The van der Waals surface area contributed by atoms with Gasteiger partial charge in [0.05, 0.1) is 18.8 Å². The summed E-state index contributed by atoms with van der Waals surface area (Å²) in [5.41, 5.74) is 3.56. The van der Waals surface area contributed by atoms with Crippen LogP contribution in [0.15, 0.2) is 41.7 Å². The molecule has 8 nitrogen and oxygen atoms in total. The number of ether oxygens (including phenoxy) is 1. The van der Waals surface area contributed by atoms with E-state index < -0.39 is 0 Å². The van der Waals surface area contributed by atoms with Gasteiger partial charge < -0.3 is 19.9 Å². The molecule has 1 aromatic carbocycles. The van der Waals surface area contributed by atoms with E-state index in [0.717, 1.165) is 22.2 Å². The van der Waals surface area contributed by atoms with E-state index in [0.29, 0.717) is 43.6 Å². The quantitative estimate of drug-likeness (QED) is 0.714. The highest BCUT2D eigenvalue weighted by Gasteiger charge is 2.37. The van der Waals surface area contributed by atoms with Crippen molar-refractivity contribution in [3.63, 3.8) is 0 Å². The smallest absolute Gasteiger partial charge is 0.254 e. The number of aryl methyl sites for hydroxylation is 1. The second-order valence-corrected chi connectivity index (χ2v) is 7.19. The van der Waals surface area contributed by atoms with Crippen molar-refractivity contribution in [2.75, 3.05) is 31.6 Å². The molecule has 0 radical (unpaired) electrons. The Kier molecular flexibility index (Phi) is 3.94. The topological polar surface area (TPSA) is 88.1 Å². The number of nitrogens with zero attached hydrogens (tertiary/aromatic N) is 4. The van der Waals surface area contributed by atoms with Crippen LogP contribution < -0.4 is 5.32 Å². The number of allylic oxidation sites excluding steroid dienone is 1. The minimum Gasteiger partial charge on any atom is -0.378 e. The van der Waals surface area contributed by atoms with Crippen molar-refractivity contribution >= 4 is 22.8 Å². The van der Waals surface area contributed by atoms with Crippen LogP contribution in [-0.2, 0) is 9.53 Å². The number of hydrogen-bond donors (Lipinski definition) is 2. The fourth-order valence-corrected chi connectivity index (χ4v) is 4.08. The number of hydrogen-bond acceptors (Lipinski definition) is 5. The van der Waals surface area contributed by atoms with Crippen LogP contribution in [0.5, 0.6) is 0 Å². The van der Waals surface area contributed by atoms with Crippen molar-refractivity contribution in [2.45, 2.75) is 19.9 Å². The third-order valence-electron chi connectivity index (χ3n) is 5.40. The molecule has 2 aliphatic rings. The van der Waals surface area contributed by atoms with E-state index in [-0.39, 0.29) is 11.9 Å². The number of para-hydroxylation sites is 1. The first-order valence-corrected chi connectivity index (χ1v) is 9.47. The molecular weight excluding hydrogens is 356 g/mol. The number of carbonyl (C=O) groups excluding carboxylic acids is 1. The van der Waals surface area contributed by atoms with Crippen molar-refractivity contribution in [3.8, 4) is 0 Å². The highest BCUT2D eigenvalue weighted by atomic mass is 16.5. The van der Waals surface area contributed by atoms with Crippen LogP contribution in [0.1, 0.15) is 24.4 Å². The Bertz CT molecular complexity index is 1090. The van der Waals surface area contributed by atoms with Gasteiger partial charge in [-0.3, -0.25) is 4.79 Å². The molecule has 1 amide bonds. The van der Waals surface area contributed by atoms with Crippen molar-refractivity contribution in [1.29, 1.82) is 0 Å². The van der Waals surface area contributed by atoms with E-state index in [1.807, 2.05) is 47.8 Å². The number of benzene rings is 1. The summed E-state index contributed by atoms with van der Waals surface area (Å²) < 4.78 is 7.25. The van der Waals surface area contributed by atoms with Crippen molar-refractivity contribution < 1.29 is 9.53 Å². The van der Waals surface area contributed by atoms with Gasteiger partial charge in [-0.25, -0.2) is 4.68 Å². The van der Waals surface area contributed by atoms with Gasteiger partial charge >= 0.3 is 0 Å². The molecule has 3 aromatic rings. The third kappa shape index (κ3) is 2.60. The molecule has 4 heterocycles. The molecule has 1 fully saturated rings. The van der Waals surface area contributed by atoms with Crippen LogP contribution in [0.25, 0.3) is 10.9 Å². The van der Waals surface area contributed by atoms with E-state index in [2.05, 4.69) is 26.4 Å². The van der Waals surface area contributed by atoms with Crippen LogP contribution in [0.2, 0.25) is 0 Å².